The van der Waals surface area contributed by atoms with Gasteiger partial charge in [-0.25, -0.2) is 4.79 Å². The van der Waals surface area contributed by atoms with Crippen molar-refractivity contribution in [1.82, 2.24) is 10.2 Å². The van der Waals surface area contributed by atoms with Gasteiger partial charge in [0.25, 0.3) is 0 Å². The minimum atomic E-state index is -0.102. The Balaban J connectivity index is 1.71. The molecule has 2 N–H and O–H groups in total. The first-order chi connectivity index (χ1) is 11.2. The molecule has 0 spiro atoms. The fourth-order valence-corrected chi connectivity index (χ4v) is 3.35. The maximum Gasteiger partial charge on any atom is 0.318 e. The fraction of sp³-hybridized carbons (Fsp3) is 0.353. The van der Waals surface area contributed by atoms with Gasteiger partial charge in [0.2, 0.25) is 0 Å². The van der Waals surface area contributed by atoms with Gasteiger partial charge in [0.15, 0.2) is 0 Å². The Morgan fingerprint density at radius 2 is 2.35 bits per heavy atom. The first kappa shape index (κ1) is 15.8. The number of aliphatic hydroxyl groups is 1. The predicted molar refractivity (Wildman–Crippen MR) is 89.5 cm³/mol. The molecule has 2 amide bonds. The Hall–Kier alpha value is -2.05. The van der Waals surface area contributed by atoms with E-state index >= 15 is 0 Å². The lowest BCUT2D eigenvalue weighted by atomic mass is 10.1. The molecule has 1 atom stereocenters. The zero-order valence-electron chi connectivity index (χ0n) is 13.0. The second kappa shape index (κ2) is 7.02. The summed E-state index contributed by atoms with van der Waals surface area (Å²) in [6.45, 7) is 3.43. The summed E-state index contributed by atoms with van der Waals surface area (Å²) in [5, 5.41) is 16.3. The Morgan fingerprint density at radius 1 is 1.48 bits per heavy atom. The maximum atomic E-state index is 12.5. The number of carbonyl (C=O) groups is 1. The van der Waals surface area contributed by atoms with E-state index < -0.39 is 0 Å². The number of fused-ring (bicyclic) bond motifs is 1. The normalized spacial score (nSPS) is 15.3. The number of hydrogen-bond donors (Lipinski definition) is 2. The number of nitrogens with one attached hydrogen (secondary N) is 1. The molecule has 0 radical (unpaired) electrons. The molecule has 0 saturated carbocycles. The van der Waals surface area contributed by atoms with E-state index in [2.05, 4.69) is 5.32 Å². The zero-order valence-corrected chi connectivity index (χ0v) is 13.8. The lowest BCUT2D eigenvalue weighted by Gasteiger charge is -2.23. The van der Waals surface area contributed by atoms with Crippen LogP contribution in [0.15, 0.2) is 35.0 Å². The highest BCUT2D eigenvalue weighted by molar-refractivity contribution is 7.07. The molecular formula is C17H20N2O3S. The van der Waals surface area contributed by atoms with E-state index in [-0.39, 0.29) is 18.7 Å². The van der Waals surface area contributed by atoms with E-state index in [4.69, 9.17) is 4.74 Å². The third kappa shape index (κ3) is 3.65. The molecule has 5 nitrogen and oxygen atoms in total. The van der Waals surface area contributed by atoms with Crippen LogP contribution < -0.4 is 10.1 Å². The highest BCUT2D eigenvalue weighted by Gasteiger charge is 2.21. The molecule has 1 aromatic carbocycles. The van der Waals surface area contributed by atoms with Gasteiger partial charge < -0.3 is 20.1 Å². The lowest BCUT2D eigenvalue weighted by Crippen LogP contribution is -2.41. The van der Waals surface area contributed by atoms with E-state index in [9.17, 15) is 9.90 Å². The number of nitrogens with zero attached hydrogens (tertiary/aromatic N) is 1. The third-order valence-electron chi connectivity index (χ3n) is 3.96. The molecule has 2 heterocycles. The standard InChI is InChI=1S/C17H20N2O3S/c1-12(14-4-7-23-11-14)18-17(21)19-5-6-22-16-3-2-13(10-20)8-15(16)9-19/h2-4,7-8,11-12,20H,5-6,9-10H2,1H3,(H,18,21)/t12-/m1/s1. The van der Waals surface area contributed by atoms with E-state index in [1.807, 2.05) is 41.9 Å². The number of ether oxygens (including phenoxy) is 1. The molecule has 0 aliphatic carbocycles. The van der Waals surface area contributed by atoms with Gasteiger partial charge in [-0.15, -0.1) is 0 Å². The third-order valence-corrected chi connectivity index (χ3v) is 4.66. The van der Waals surface area contributed by atoms with Gasteiger partial charge in [0.05, 0.1) is 25.7 Å². The molecule has 23 heavy (non-hydrogen) atoms. The molecule has 6 heteroatoms. The largest absolute Gasteiger partial charge is 0.491 e. The Kier molecular flexibility index (Phi) is 4.83. The minimum Gasteiger partial charge on any atom is -0.491 e. The van der Waals surface area contributed by atoms with E-state index in [1.54, 1.807) is 16.2 Å². The van der Waals surface area contributed by atoms with Crippen molar-refractivity contribution in [3.63, 3.8) is 0 Å². The summed E-state index contributed by atoms with van der Waals surface area (Å²) < 4.78 is 5.70. The Bertz CT molecular complexity index is 672. The first-order valence-corrected chi connectivity index (χ1v) is 8.54. The average Bonchev–Trinajstić information content (AvgIpc) is 3.01. The molecule has 2 aromatic rings. The van der Waals surface area contributed by atoms with E-state index in [1.165, 1.54) is 0 Å². The van der Waals surface area contributed by atoms with E-state index in [0.29, 0.717) is 19.7 Å². The molecule has 0 saturated heterocycles. The molecule has 1 aliphatic rings. The molecule has 122 valence electrons. The average molecular weight is 332 g/mol. The highest BCUT2D eigenvalue weighted by Crippen LogP contribution is 2.25. The second-order valence-corrected chi connectivity index (χ2v) is 6.38. The number of benzene rings is 1. The van der Waals surface area contributed by atoms with E-state index in [0.717, 1.165) is 22.4 Å². The lowest BCUT2D eigenvalue weighted by molar-refractivity contribution is 0.184. The van der Waals surface area contributed by atoms with Crippen LogP contribution in [0.3, 0.4) is 0 Å². The Morgan fingerprint density at radius 3 is 3.09 bits per heavy atom. The smallest absolute Gasteiger partial charge is 0.318 e. The van der Waals surface area contributed by atoms with Crippen molar-refractivity contribution in [2.75, 3.05) is 13.2 Å². The number of urea groups is 1. The predicted octanol–water partition coefficient (Wildman–Crippen LogP) is 2.91. The summed E-state index contributed by atoms with van der Waals surface area (Å²) in [7, 11) is 0. The van der Waals surface area contributed by atoms with Crippen molar-refractivity contribution in [3.05, 3.63) is 51.7 Å². The van der Waals surface area contributed by atoms with Crippen molar-refractivity contribution >= 4 is 17.4 Å². The molecular weight excluding hydrogens is 312 g/mol. The summed E-state index contributed by atoms with van der Waals surface area (Å²) in [6, 6.07) is 7.48. The van der Waals surface area contributed by atoms with Crippen LogP contribution >= 0.6 is 11.3 Å². The number of hydrogen-bond acceptors (Lipinski definition) is 4. The number of amides is 2. The van der Waals surface area contributed by atoms with Crippen molar-refractivity contribution in [2.45, 2.75) is 26.1 Å². The van der Waals surface area contributed by atoms with Crippen LogP contribution in [0.2, 0.25) is 0 Å². The monoisotopic (exact) mass is 332 g/mol. The van der Waals surface area contributed by atoms with Gasteiger partial charge in [0, 0.05) is 5.56 Å². The van der Waals surface area contributed by atoms with Crippen LogP contribution in [0.25, 0.3) is 0 Å². The van der Waals surface area contributed by atoms with Gasteiger partial charge in [-0.05, 0) is 47.0 Å². The van der Waals surface area contributed by atoms with Crippen LogP contribution in [-0.2, 0) is 13.2 Å². The van der Waals surface area contributed by atoms with Crippen LogP contribution in [0.5, 0.6) is 5.75 Å². The Labute approximate surface area is 139 Å². The van der Waals surface area contributed by atoms with Gasteiger partial charge >= 0.3 is 6.03 Å². The molecule has 0 fully saturated rings. The SMILES string of the molecule is C[C@@H](NC(=O)N1CCOc2ccc(CO)cc2C1)c1ccsc1. The van der Waals surface area contributed by atoms with Crippen molar-refractivity contribution < 1.29 is 14.6 Å². The molecule has 1 aliphatic heterocycles. The van der Waals surface area contributed by atoms with Gasteiger partial charge in [-0.2, -0.15) is 11.3 Å². The van der Waals surface area contributed by atoms with Crippen molar-refractivity contribution in [2.24, 2.45) is 0 Å². The number of aliphatic hydroxyl groups excluding tert-OH is 1. The molecule has 0 unspecified atom stereocenters. The molecule has 3 rings (SSSR count). The van der Waals surface area contributed by atoms with Crippen molar-refractivity contribution in [1.29, 1.82) is 0 Å². The first-order valence-electron chi connectivity index (χ1n) is 7.60. The molecule has 0 bridgehead atoms. The molecule has 1 aromatic heterocycles. The number of carbonyl (C=O) groups excluding carboxylic acids is 1. The van der Waals surface area contributed by atoms with Crippen LogP contribution in [0.1, 0.15) is 29.7 Å². The summed E-state index contributed by atoms with van der Waals surface area (Å²) in [4.78, 5) is 14.3. The van der Waals surface area contributed by atoms with Crippen LogP contribution in [-0.4, -0.2) is 29.2 Å². The van der Waals surface area contributed by atoms with Crippen LogP contribution in [0.4, 0.5) is 4.79 Å². The number of thiophene rings is 1. The fourth-order valence-electron chi connectivity index (χ4n) is 2.60. The zero-order chi connectivity index (χ0) is 16.2. The topological polar surface area (TPSA) is 61.8 Å². The van der Waals surface area contributed by atoms with Gasteiger partial charge in [-0.3, -0.25) is 0 Å². The van der Waals surface area contributed by atoms with Crippen LogP contribution in [0, 0.1) is 0 Å². The minimum absolute atomic E-state index is 0.0192. The van der Waals surface area contributed by atoms with Crippen molar-refractivity contribution in [3.8, 4) is 5.75 Å². The van der Waals surface area contributed by atoms with Gasteiger partial charge in [0.1, 0.15) is 12.4 Å². The summed E-state index contributed by atoms with van der Waals surface area (Å²) >= 11 is 1.62. The number of rotatable bonds is 3. The van der Waals surface area contributed by atoms with Gasteiger partial charge in [-0.1, -0.05) is 6.07 Å². The summed E-state index contributed by atoms with van der Waals surface area (Å²) in [6.07, 6.45) is 0. The quantitative estimate of drug-likeness (QED) is 0.908. The summed E-state index contributed by atoms with van der Waals surface area (Å²) in [5.41, 5.74) is 2.85. The summed E-state index contributed by atoms with van der Waals surface area (Å²) in [5.74, 6) is 0.781. The maximum absolute atomic E-state index is 12.5. The highest BCUT2D eigenvalue weighted by atomic mass is 32.1. The second-order valence-electron chi connectivity index (χ2n) is 5.60.